The fraction of sp³-hybridized carbons (Fsp3) is 0.324. The number of carbonyl (C=O) groups excluding carboxylic acids is 1. The maximum atomic E-state index is 13.0. The number of nitrogens with zero attached hydrogens (tertiary/aromatic N) is 4. The molecule has 0 unspecified atom stereocenters. The summed E-state index contributed by atoms with van der Waals surface area (Å²) in [6.07, 6.45) is -0.858. The third-order valence-corrected chi connectivity index (χ3v) is 8.93. The molecule has 0 radical (unpaired) electrons. The second-order valence-corrected chi connectivity index (χ2v) is 12.4. The first kappa shape index (κ1) is 34.3. The first-order valence-electron chi connectivity index (χ1n) is 16.1. The van der Waals surface area contributed by atoms with Gasteiger partial charge >= 0.3 is 0 Å². The number of aromatic nitrogens is 4. The number of rotatable bonds is 12. The predicted octanol–water partition coefficient (Wildman–Crippen LogP) is 4.46. The number of hydrogen-bond donors (Lipinski definition) is 3. The van der Waals surface area contributed by atoms with E-state index in [0.717, 1.165) is 16.7 Å². The maximum absolute atomic E-state index is 13.0. The number of carbonyl (C=O) groups is 1. The highest BCUT2D eigenvalue weighted by atomic mass is 16.6. The third kappa shape index (κ3) is 6.32. The summed E-state index contributed by atoms with van der Waals surface area (Å²) in [5.41, 5.74) is -0.709. The zero-order chi connectivity index (χ0) is 35.5. The normalized spacial score (nSPS) is 19.0. The Hall–Kier alpha value is -5.55. The first-order valence-corrected chi connectivity index (χ1v) is 16.1. The fourth-order valence-electron chi connectivity index (χ4n) is 6.30. The zero-order valence-corrected chi connectivity index (χ0v) is 28.1. The van der Waals surface area contributed by atoms with E-state index in [4.69, 9.17) is 18.9 Å². The average molecular weight is 679 g/mol. The van der Waals surface area contributed by atoms with E-state index in [1.54, 1.807) is 28.1 Å². The number of amides is 1. The summed E-state index contributed by atoms with van der Waals surface area (Å²) in [5, 5.41) is 24.1. The summed E-state index contributed by atoms with van der Waals surface area (Å²) in [6.45, 7) is 3.32. The second-order valence-electron chi connectivity index (χ2n) is 12.4. The number of aromatic amines is 1. The Morgan fingerprint density at radius 3 is 2.22 bits per heavy atom. The fourth-order valence-corrected chi connectivity index (χ4v) is 6.30. The van der Waals surface area contributed by atoms with Gasteiger partial charge in [-0.05, 0) is 41.0 Å². The third-order valence-electron chi connectivity index (χ3n) is 8.93. The van der Waals surface area contributed by atoms with E-state index in [0.29, 0.717) is 11.5 Å². The van der Waals surface area contributed by atoms with Gasteiger partial charge in [-0.2, -0.15) is 10.2 Å². The van der Waals surface area contributed by atoms with Crippen LogP contribution in [-0.4, -0.2) is 63.6 Å². The number of nitrogens with one attached hydrogen (secondary N) is 2. The van der Waals surface area contributed by atoms with Crippen molar-refractivity contribution in [3.05, 3.63) is 112 Å². The molecular formula is C37H38N6O7. The molecule has 6 rings (SSSR count). The van der Waals surface area contributed by atoms with Crippen LogP contribution in [0.4, 0.5) is 5.95 Å². The van der Waals surface area contributed by atoms with Gasteiger partial charge in [0, 0.05) is 12.3 Å². The van der Waals surface area contributed by atoms with Crippen LogP contribution in [0.25, 0.3) is 11.2 Å². The number of methoxy groups -OCH3 is 2. The number of imidazole rings is 1. The Kier molecular flexibility index (Phi) is 9.70. The number of hydrogen-bond acceptors (Lipinski definition) is 10. The van der Waals surface area contributed by atoms with Crippen LogP contribution in [0, 0.1) is 17.2 Å². The predicted molar refractivity (Wildman–Crippen MR) is 184 cm³/mol. The molecule has 3 heterocycles. The Morgan fingerprint density at radius 1 is 1.06 bits per heavy atom. The van der Waals surface area contributed by atoms with Gasteiger partial charge in [-0.25, -0.2) is 4.98 Å². The molecule has 1 saturated heterocycles. The Morgan fingerprint density at radius 2 is 1.66 bits per heavy atom. The number of H-pyrrole nitrogens is 1. The van der Waals surface area contributed by atoms with Crippen molar-refractivity contribution in [1.82, 2.24) is 19.5 Å². The molecule has 1 fully saturated rings. The van der Waals surface area contributed by atoms with E-state index in [2.05, 4.69) is 26.3 Å². The van der Waals surface area contributed by atoms with Gasteiger partial charge in [0.2, 0.25) is 11.9 Å². The minimum atomic E-state index is -1.45. The Bertz CT molecular complexity index is 2010. The lowest BCUT2D eigenvalue weighted by Gasteiger charge is -2.37. The highest BCUT2D eigenvalue weighted by molar-refractivity contribution is 5.91. The van der Waals surface area contributed by atoms with E-state index in [9.17, 15) is 20.0 Å². The van der Waals surface area contributed by atoms with E-state index in [-0.39, 0.29) is 48.4 Å². The Labute approximate surface area is 288 Å². The minimum absolute atomic E-state index is 0.00948. The van der Waals surface area contributed by atoms with E-state index in [1.807, 2.05) is 78.9 Å². The molecule has 5 aromatic rings. The van der Waals surface area contributed by atoms with E-state index in [1.165, 1.54) is 10.9 Å². The van der Waals surface area contributed by atoms with Crippen LogP contribution >= 0.6 is 0 Å². The van der Waals surface area contributed by atoms with Crippen molar-refractivity contribution in [3.63, 3.8) is 0 Å². The molecule has 1 amide bonds. The summed E-state index contributed by atoms with van der Waals surface area (Å²) < 4.78 is 25.9. The smallest absolute Gasteiger partial charge is 0.280 e. The second kappa shape index (κ2) is 14.1. The van der Waals surface area contributed by atoms with Crippen LogP contribution in [0.1, 0.15) is 43.4 Å². The average Bonchev–Trinajstić information content (AvgIpc) is 3.71. The molecule has 1 aliphatic heterocycles. The number of benzene rings is 3. The molecule has 13 nitrogen and oxygen atoms in total. The topological polar surface area (TPSA) is 174 Å². The lowest BCUT2D eigenvalue weighted by molar-refractivity contribution is -0.136. The molecule has 50 heavy (non-hydrogen) atoms. The molecule has 0 bridgehead atoms. The monoisotopic (exact) mass is 678 g/mol. The standard InChI is InChI=1S/C37H38N6O7/c1-23(2)33(45)41-35-40-32-31(34(46)42-35)39-22-43(32)36(18-19-38)20-29(44)30(50-36)21-49-37(24-8-6-5-7-9-24,25-10-14-27(47-3)15-11-25)26-12-16-28(48-4)17-13-26/h5-17,22-23,29-30,44H,18,20-21H2,1-4H3,(H2,40,41,42,45,46)/t29-,30+,36+/m0/s1. The molecule has 0 saturated carbocycles. The summed E-state index contributed by atoms with van der Waals surface area (Å²) in [6, 6.07) is 27.0. The van der Waals surface area contributed by atoms with E-state index < -0.39 is 29.1 Å². The number of aliphatic hydroxyl groups excluding tert-OH is 1. The zero-order valence-electron chi connectivity index (χ0n) is 28.1. The summed E-state index contributed by atoms with van der Waals surface area (Å²) in [7, 11) is 3.20. The molecule has 258 valence electrons. The van der Waals surface area contributed by atoms with Gasteiger partial charge in [-0.3, -0.25) is 24.5 Å². The van der Waals surface area contributed by atoms with Gasteiger partial charge < -0.3 is 24.1 Å². The molecular weight excluding hydrogens is 640 g/mol. The number of ether oxygens (including phenoxy) is 4. The molecule has 2 aromatic heterocycles. The summed E-state index contributed by atoms with van der Waals surface area (Å²) >= 11 is 0. The van der Waals surface area contributed by atoms with Crippen molar-refractivity contribution < 1.29 is 28.8 Å². The van der Waals surface area contributed by atoms with Crippen LogP contribution in [0.3, 0.4) is 0 Å². The van der Waals surface area contributed by atoms with Crippen molar-refractivity contribution in [3.8, 4) is 17.6 Å². The lowest BCUT2D eigenvalue weighted by atomic mass is 9.80. The molecule has 0 spiro atoms. The molecule has 3 atom stereocenters. The van der Waals surface area contributed by atoms with Crippen LogP contribution in [0.15, 0.2) is 90.0 Å². The Balaban J connectivity index is 1.40. The van der Waals surface area contributed by atoms with Crippen LogP contribution in [-0.2, 0) is 25.6 Å². The van der Waals surface area contributed by atoms with Gasteiger partial charge in [0.1, 0.15) is 23.2 Å². The summed E-state index contributed by atoms with van der Waals surface area (Å²) in [5.74, 6) is 0.575. The molecule has 0 aliphatic carbocycles. The van der Waals surface area contributed by atoms with Crippen molar-refractivity contribution in [2.75, 3.05) is 26.1 Å². The van der Waals surface area contributed by atoms with Gasteiger partial charge in [-0.1, -0.05) is 68.4 Å². The van der Waals surface area contributed by atoms with Gasteiger partial charge in [0.05, 0.1) is 45.7 Å². The largest absolute Gasteiger partial charge is 0.497 e. The van der Waals surface area contributed by atoms with Crippen LogP contribution in [0.2, 0.25) is 0 Å². The number of anilines is 1. The van der Waals surface area contributed by atoms with Crippen molar-refractivity contribution in [1.29, 1.82) is 5.26 Å². The van der Waals surface area contributed by atoms with Crippen LogP contribution < -0.4 is 20.3 Å². The molecule has 3 aromatic carbocycles. The lowest BCUT2D eigenvalue weighted by Crippen LogP contribution is -2.39. The molecule has 1 aliphatic rings. The molecule has 3 N–H and O–H groups in total. The number of aliphatic hydroxyl groups is 1. The quantitative estimate of drug-likeness (QED) is 0.160. The number of nitriles is 1. The van der Waals surface area contributed by atoms with Gasteiger partial charge in [-0.15, -0.1) is 0 Å². The van der Waals surface area contributed by atoms with Crippen molar-refractivity contribution >= 4 is 23.0 Å². The summed E-state index contributed by atoms with van der Waals surface area (Å²) in [4.78, 5) is 36.6. The van der Waals surface area contributed by atoms with Crippen molar-refractivity contribution in [2.24, 2.45) is 5.92 Å². The minimum Gasteiger partial charge on any atom is -0.497 e. The molecule has 13 heteroatoms. The first-order chi connectivity index (χ1) is 24.1. The highest BCUT2D eigenvalue weighted by Gasteiger charge is 2.50. The van der Waals surface area contributed by atoms with Crippen LogP contribution in [0.5, 0.6) is 11.5 Å². The van der Waals surface area contributed by atoms with Crippen molar-refractivity contribution in [2.45, 2.75) is 50.2 Å². The SMILES string of the molecule is COc1ccc(C(OC[C@H]2O[C@@](CC#N)(n3cnc4c(=O)[nH]c(NC(=O)C(C)C)nc43)C[C@@H]2O)(c2ccccc2)c2ccc(OC)cc2)cc1. The van der Waals surface area contributed by atoms with Gasteiger partial charge in [0.25, 0.3) is 5.56 Å². The number of fused-ring (bicyclic) bond motifs is 1. The maximum Gasteiger partial charge on any atom is 0.280 e. The van der Waals surface area contributed by atoms with E-state index >= 15 is 0 Å². The van der Waals surface area contributed by atoms with Gasteiger partial charge in [0.15, 0.2) is 16.9 Å². The highest BCUT2D eigenvalue weighted by Crippen LogP contribution is 2.44.